The third kappa shape index (κ3) is 3.83. The average Bonchev–Trinajstić information content (AvgIpc) is 2.90. The van der Waals surface area contributed by atoms with Crippen LogP contribution in [-0.4, -0.2) is 28.5 Å². The largest absolute Gasteiger partial charge is 0.309 e. The molecular formula is C20H25N3OS. The number of aryl methyl sites for hydroxylation is 2. The Morgan fingerprint density at radius 3 is 2.60 bits per heavy atom. The lowest BCUT2D eigenvalue weighted by Gasteiger charge is -2.15. The lowest BCUT2D eigenvalue weighted by molar-refractivity contribution is 0.313. The second-order valence-electron chi connectivity index (χ2n) is 6.68. The van der Waals surface area contributed by atoms with Crippen LogP contribution in [0, 0.1) is 13.8 Å². The Balaban J connectivity index is 2.01. The summed E-state index contributed by atoms with van der Waals surface area (Å²) in [6.45, 7) is 7.99. The van der Waals surface area contributed by atoms with Crippen molar-refractivity contribution in [3.8, 4) is 11.1 Å². The van der Waals surface area contributed by atoms with Crippen molar-refractivity contribution in [1.29, 1.82) is 0 Å². The van der Waals surface area contributed by atoms with E-state index in [0.29, 0.717) is 11.9 Å². The first kappa shape index (κ1) is 17.8. The number of thiophene rings is 1. The highest BCUT2D eigenvalue weighted by Gasteiger charge is 2.17. The molecule has 0 aliphatic heterocycles. The quantitative estimate of drug-likeness (QED) is 0.708. The van der Waals surface area contributed by atoms with Gasteiger partial charge in [0, 0.05) is 10.4 Å². The zero-order valence-electron chi connectivity index (χ0n) is 15.3. The summed E-state index contributed by atoms with van der Waals surface area (Å²) < 4.78 is 0. The van der Waals surface area contributed by atoms with Crippen LogP contribution < -0.4 is 5.56 Å². The van der Waals surface area contributed by atoms with E-state index in [-0.39, 0.29) is 5.56 Å². The maximum absolute atomic E-state index is 12.8. The summed E-state index contributed by atoms with van der Waals surface area (Å²) in [5.74, 6) is 0.743. The van der Waals surface area contributed by atoms with Crippen molar-refractivity contribution >= 4 is 21.6 Å². The van der Waals surface area contributed by atoms with E-state index >= 15 is 0 Å². The van der Waals surface area contributed by atoms with E-state index in [9.17, 15) is 4.79 Å². The van der Waals surface area contributed by atoms with Crippen molar-refractivity contribution in [2.75, 3.05) is 13.6 Å². The number of fused-ring (bicyclic) bond motifs is 1. The van der Waals surface area contributed by atoms with E-state index in [1.54, 1.807) is 11.3 Å². The summed E-state index contributed by atoms with van der Waals surface area (Å²) in [5, 5.41) is 0.714. The molecule has 0 bridgehead atoms. The Morgan fingerprint density at radius 1 is 1.20 bits per heavy atom. The van der Waals surface area contributed by atoms with Gasteiger partial charge in [-0.25, -0.2) is 4.98 Å². The number of hydrogen-bond donors (Lipinski definition) is 1. The number of aromatic amines is 1. The standard InChI is InChI=1S/C20H25N3OS/c1-5-6-11-23(4)12-16-21-19(24)18-17(14(3)25-20(18)22-16)15-9-7-13(2)8-10-15/h7-10H,5-6,11-12H2,1-4H3,(H,21,22,24). The Hall–Kier alpha value is -1.98. The molecule has 0 fully saturated rings. The van der Waals surface area contributed by atoms with Crippen molar-refractivity contribution in [1.82, 2.24) is 14.9 Å². The molecule has 0 atom stereocenters. The molecule has 0 amide bonds. The van der Waals surface area contributed by atoms with Gasteiger partial charge in [-0.3, -0.25) is 9.69 Å². The van der Waals surface area contributed by atoms with E-state index in [1.807, 2.05) is 0 Å². The normalized spacial score (nSPS) is 11.6. The number of aromatic nitrogens is 2. The highest BCUT2D eigenvalue weighted by atomic mass is 32.1. The molecule has 1 aromatic carbocycles. The molecule has 132 valence electrons. The Kier molecular flexibility index (Phi) is 5.35. The van der Waals surface area contributed by atoms with Crippen LogP contribution in [0.25, 0.3) is 21.3 Å². The molecule has 0 saturated carbocycles. The SMILES string of the molecule is CCCCN(C)Cc1nc2sc(C)c(-c3ccc(C)cc3)c2c(=O)[nH]1. The van der Waals surface area contributed by atoms with Gasteiger partial charge in [0.1, 0.15) is 10.7 Å². The summed E-state index contributed by atoms with van der Waals surface area (Å²) in [5.41, 5.74) is 3.27. The molecular weight excluding hydrogens is 330 g/mol. The van der Waals surface area contributed by atoms with Crippen LogP contribution in [-0.2, 0) is 6.54 Å². The first-order chi connectivity index (χ1) is 12.0. The lowest BCUT2D eigenvalue weighted by atomic mass is 10.0. The van der Waals surface area contributed by atoms with Crippen LogP contribution >= 0.6 is 11.3 Å². The van der Waals surface area contributed by atoms with Crippen LogP contribution in [0.4, 0.5) is 0 Å². The molecule has 25 heavy (non-hydrogen) atoms. The molecule has 2 aromatic heterocycles. The summed E-state index contributed by atoms with van der Waals surface area (Å²) in [7, 11) is 2.07. The second-order valence-corrected chi connectivity index (χ2v) is 7.89. The Labute approximate surface area is 152 Å². The number of nitrogens with zero attached hydrogens (tertiary/aromatic N) is 2. The Bertz CT molecular complexity index is 925. The van der Waals surface area contributed by atoms with Crippen molar-refractivity contribution < 1.29 is 0 Å². The molecule has 0 aliphatic carbocycles. The summed E-state index contributed by atoms with van der Waals surface area (Å²) >= 11 is 1.60. The third-order valence-electron chi connectivity index (χ3n) is 4.44. The van der Waals surface area contributed by atoms with Gasteiger partial charge in [-0.2, -0.15) is 0 Å². The van der Waals surface area contributed by atoms with E-state index in [4.69, 9.17) is 4.98 Å². The van der Waals surface area contributed by atoms with E-state index in [0.717, 1.165) is 46.0 Å². The average molecular weight is 356 g/mol. The van der Waals surface area contributed by atoms with Crippen LogP contribution in [0.3, 0.4) is 0 Å². The molecule has 0 spiro atoms. The van der Waals surface area contributed by atoms with Gasteiger partial charge in [0.15, 0.2) is 0 Å². The maximum atomic E-state index is 12.8. The van der Waals surface area contributed by atoms with Crippen LogP contribution in [0.15, 0.2) is 29.1 Å². The van der Waals surface area contributed by atoms with Gasteiger partial charge in [0.2, 0.25) is 0 Å². The molecule has 0 radical (unpaired) electrons. The van der Waals surface area contributed by atoms with Gasteiger partial charge in [-0.05, 0) is 39.4 Å². The number of rotatable bonds is 6. The van der Waals surface area contributed by atoms with Gasteiger partial charge in [-0.15, -0.1) is 11.3 Å². The molecule has 0 aliphatic rings. The van der Waals surface area contributed by atoms with Crippen molar-refractivity contribution in [3.05, 3.63) is 50.9 Å². The first-order valence-corrected chi connectivity index (χ1v) is 9.59. The van der Waals surface area contributed by atoms with Crippen molar-refractivity contribution in [2.24, 2.45) is 0 Å². The van der Waals surface area contributed by atoms with Gasteiger partial charge in [-0.1, -0.05) is 43.2 Å². The topological polar surface area (TPSA) is 49.0 Å². The third-order valence-corrected chi connectivity index (χ3v) is 5.44. The fourth-order valence-electron chi connectivity index (χ4n) is 3.07. The molecule has 2 heterocycles. The maximum Gasteiger partial charge on any atom is 0.260 e. The fourth-order valence-corrected chi connectivity index (χ4v) is 4.13. The van der Waals surface area contributed by atoms with E-state index in [2.05, 4.69) is 62.0 Å². The minimum Gasteiger partial charge on any atom is -0.309 e. The minimum atomic E-state index is -0.0381. The number of nitrogens with one attached hydrogen (secondary N) is 1. The monoisotopic (exact) mass is 355 g/mol. The number of benzene rings is 1. The van der Waals surface area contributed by atoms with Gasteiger partial charge in [0.05, 0.1) is 11.9 Å². The first-order valence-electron chi connectivity index (χ1n) is 8.77. The summed E-state index contributed by atoms with van der Waals surface area (Å²) in [4.78, 5) is 24.6. The number of H-pyrrole nitrogens is 1. The molecule has 4 nitrogen and oxygen atoms in total. The fraction of sp³-hybridized carbons (Fsp3) is 0.400. The zero-order chi connectivity index (χ0) is 18.0. The predicted molar refractivity (Wildman–Crippen MR) is 106 cm³/mol. The van der Waals surface area contributed by atoms with Crippen molar-refractivity contribution in [3.63, 3.8) is 0 Å². The highest BCUT2D eigenvalue weighted by Crippen LogP contribution is 2.35. The van der Waals surface area contributed by atoms with Crippen molar-refractivity contribution in [2.45, 2.75) is 40.2 Å². The minimum absolute atomic E-state index is 0.0381. The number of hydrogen-bond acceptors (Lipinski definition) is 4. The molecule has 0 unspecified atom stereocenters. The lowest BCUT2D eigenvalue weighted by Crippen LogP contribution is -2.22. The number of unbranched alkanes of at least 4 members (excludes halogenated alkanes) is 1. The molecule has 0 saturated heterocycles. The molecule has 5 heteroatoms. The van der Waals surface area contributed by atoms with Crippen LogP contribution in [0.1, 0.15) is 36.0 Å². The predicted octanol–water partition coefficient (Wildman–Crippen LogP) is 4.50. The van der Waals surface area contributed by atoms with Gasteiger partial charge in [0.25, 0.3) is 5.56 Å². The molecule has 3 aromatic rings. The van der Waals surface area contributed by atoms with Crippen LogP contribution in [0.2, 0.25) is 0 Å². The smallest absolute Gasteiger partial charge is 0.260 e. The molecule has 1 N–H and O–H groups in total. The van der Waals surface area contributed by atoms with Crippen LogP contribution in [0.5, 0.6) is 0 Å². The van der Waals surface area contributed by atoms with E-state index < -0.39 is 0 Å². The van der Waals surface area contributed by atoms with Gasteiger partial charge >= 0.3 is 0 Å². The highest BCUT2D eigenvalue weighted by molar-refractivity contribution is 7.19. The summed E-state index contributed by atoms with van der Waals surface area (Å²) in [6.07, 6.45) is 2.32. The Morgan fingerprint density at radius 2 is 1.92 bits per heavy atom. The summed E-state index contributed by atoms with van der Waals surface area (Å²) in [6, 6.07) is 8.32. The van der Waals surface area contributed by atoms with E-state index in [1.165, 1.54) is 5.56 Å². The zero-order valence-corrected chi connectivity index (χ0v) is 16.2. The second kappa shape index (κ2) is 7.50. The molecule has 3 rings (SSSR count). The van der Waals surface area contributed by atoms with Gasteiger partial charge < -0.3 is 4.98 Å².